The standard InChI is InChI=1S/C24H27N3O5S/c1-14-9-19-24(25-14)20(11-17(26-19)12-21(28)15-3-4-15)27-18-6-5-16(10-23(18)33(2,29)30)22-13-31-7-8-32-22/h5-6,10-11,15,22H,3-4,7-9,12-13H2,1-2H3,(H,26,27)/t22-/m0/s1. The van der Waals surface area contributed by atoms with Gasteiger partial charge in [-0.05, 0) is 43.5 Å². The number of ether oxygens (including phenoxy) is 2. The molecule has 33 heavy (non-hydrogen) atoms. The van der Waals surface area contributed by atoms with Crippen LogP contribution in [-0.2, 0) is 36.9 Å². The van der Waals surface area contributed by atoms with Crippen molar-refractivity contribution in [1.82, 2.24) is 4.98 Å². The second-order valence-corrected chi connectivity index (χ2v) is 11.0. The Bertz CT molecular complexity index is 1240. The topological polar surface area (TPSA) is 107 Å². The number of Topliss-reactive ketones (excluding diaryl/α,β-unsaturated/α-hetero) is 1. The number of nitrogens with zero attached hydrogens (tertiary/aromatic N) is 2. The zero-order chi connectivity index (χ0) is 23.2. The number of rotatable bonds is 7. The fourth-order valence-corrected chi connectivity index (χ4v) is 5.13. The molecule has 2 fully saturated rings. The van der Waals surface area contributed by atoms with Gasteiger partial charge < -0.3 is 14.8 Å². The summed E-state index contributed by atoms with van der Waals surface area (Å²) in [5, 5.41) is 3.28. The second-order valence-electron chi connectivity index (χ2n) is 8.98. The van der Waals surface area contributed by atoms with Crippen molar-refractivity contribution >= 4 is 38.4 Å². The number of hydrogen-bond donors (Lipinski definition) is 1. The van der Waals surface area contributed by atoms with Crippen molar-refractivity contribution in [2.24, 2.45) is 10.9 Å². The maximum absolute atomic E-state index is 12.7. The average molecular weight is 470 g/mol. The predicted molar refractivity (Wildman–Crippen MR) is 124 cm³/mol. The number of sulfone groups is 1. The van der Waals surface area contributed by atoms with Gasteiger partial charge in [-0.3, -0.25) is 14.8 Å². The Morgan fingerprint density at radius 1 is 1.18 bits per heavy atom. The van der Waals surface area contributed by atoms with E-state index in [1.54, 1.807) is 12.1 Å². The largest absolute Gasteiger partial charge is 0.376 e. The molecule has 0 unspecified atom stereocenters. The number of pyridine rings is 1. The van der Waals surface area contributed by atoms with Crippen molar-refractivity contribution in [3.63, 3.8) is 0 Å². The summed E-state index contributed by atoms with van der Waals surface area (Å²) in [6.07, 6.45) is 3.70. The number of aromatic nitrogens is 1. The minimum atomic E-state index is -3.54. The normalized spacial score (nSPS) is 20.3. The molecule has 2 aromatic rings. The Balaban J connectivity index is 1.51. The Morgan fingerprint density at radius 2 is 2.00 bits per heavy atom. The second kappa shape index (κ2) is 8.62. The van der Waals surface area contributed by atoms with Crippen LogP contribution in [-0.4, -0.2) is 51.0 Å². The summed E-state index contributed by atoms with van der Waals surface area (Å²) in [5.74, 6) is 0.365. The number of carbonyl (C=O) groups excluding carboxylic acids is 1. The molecule has 5 rings (SSSR count). The Morgan fingerprint density at radius 3 is 2.70 bits per heavy atom. The molecule has 174 valence electrons. The van der Waals surface area contributed by atoms with Gasteiger partial charge >= 0.3 is 0 Å². The highest BCUT2D eigenvalue weighted by atomic mass is 32.2. The number of carbonyl (C=O) groups is 1. The maximum atomic E-state index is 12.7. The Labute approximate surface area is 193 Å². The third-order valence-corrected chi connectivity index (χ3v) is 7.23. The van der Waals surface area contributed by atoms with Crippen LogP contribution in [0.25, 0.3) is 0 Å². The van der Waals surface area contributed by atoms with Crippen LogP contribution in [0.15, 0.2) is 34.2 Å². The van der Waals surface area contributed by atoms with Crippen molar-refractivity contribution in [2.75, 3.05) is 31.4 Å². The van der Waals surface area contributed by atoms with Gasteiger partial charge in [0.15, 0.2) is 9.84 Å². The molecule has 1 aliphatic carbocycles. The first kappa shape index (κ1) is 22.2. The molecule has 9 heteroatoms. The van der Waals surface area contributed by atoms with E-state index in [0.717, 1.165) is 29.8 Å². The molecule has 1 atom stereocenters. The zero-order valence-corrected chi connectivity index (χ0v) is 19.6. The maximum Gasteiger partial charge on any atom is 0.177 e. The molecule has 8 nitrogen and oxygen atoms in total. The molecule has 3 aliphatic rings. The summed E-state index contributed by atoms with van der Waals surface area (Å²) in [5.41, 5.74) is 4.98. The minimum Gasteiger partial charge on any atom is -0.376 e. The first-order chi connectivity index (χ1) is 15.8. The lowest BCUT2D eigenvalue weighted by Gasteiger charge is -2.24. The van der Waals surface area contributed by atoms with E-state index in [9.17, 15) is 13.2 Å². The highest BCUT2D eigenvalue weighted by molar-refractivity contribution is 7.90. The molecular weight excluding hydrogens is 442 g/mol. The van der Waals surface area contributed by atoms with Crippen molar-refractivity contribution < 1.29 is 22.7 Å². The number of aliphatic imine (C=N–C) groups is 1. The highest BCUT2D eigenvalue weighted by Crippen LogP contribution is 2.39. The fourth-order valence-electron chi connectivity index (χ4n) is 4.26. The summed E-state index contributed by atoms with van der Waals surface area (Å²) < 4.78 is 36.5. The van der Waals surface area contributed by atoms with E-state index in [-0.39, 0.29) is 29.1 Å². The number of benzene rings is 1. The van der Waals surface area contributed by atoms with Crippen LogP contribution in [0.3, 0.4) is 0 Å². The number of ketones is 1. The lowest BCUT2D eigenvalue weighted by atomic mass is 10.1. The van der Waals surface area contributed by atoms with Gasteiger partial charge in [0.1, 0.15) is 17.6 Å². The number of hydrogen-bond acceptors (Lipinski definition) is 8. The van der Waals surface area contributed by atoms with Crippen molar-refractivity contribution in [3.8, 4) is 0 Å². The summed E-state index contributed by atoms with van der Waals surface area (Å²) in [6.45, 7) is 3.33. The van der Waals surface area contributed by atoms with Crippen molar-refractivity contribution in [2.45, 2.75) is 43.6 Å². The van der Waals surface area contributed by atoms with E-state index in [4.69, 9.17) is 9.47 Å². The molecule has 1 N–H and O–H groups in total. The number of anilines is 2. The van der Waals surface area contributed by atoms with E-state index in [2.05, 4.69) is 15.3 Å². The third kappa shape index (κ3) is 4.85. The van der Waals surface area contributed by atoms with Crippen LogP contribution in [0.1, 0.15) is 42.8 Å². The molecule has 0 bridgehead atoms. The van der Waals surface area contributed by atoms with Gasteiger partial charge in [0, 0.05) is 30.7 Å². The summed E-state index contributed by atoms with van der Waals surface area (Å²) >= 11 is 0. The van der Waals surface area contributed by atoms with Gasteiger partial charge in [-0.25, -0.2) is 8.42 Å². The molecule has 1 saturated carbocycles. The van der Waals surface area contributed by atoms with Gasteiger partial charge in [0.05, 0.1) is 47.5 Å². The van der Waals surface area contributed by atoms with E-state index < -0.39 is 9.84 Å². The van der Waals surface area contributed by atoms with Gasteiger partial charge in [0.25, 0.3) is 0 Å². The molecule has 0 amide bonds. The lowest BCUT2D eigenvalue weighted by molar-refractivity contribution is -0.119. The molecule has 3 heterocycles. The summed E-state index contributed by atoms with van der Waals surface area (Å²) in [7, 11) is -3.54. The monoisotopic (exact) mass is 469 g/mol. The molecule has 1 saturated heterocycles. The third-order valence-electron chi connectivity index (χ3n) is 6.09. The molecule has 2 aliphatic heterocycles. The van der Waals surface area contributed by atoms with Crippen LogP contribution < -0.4 is 5.32 Å². The molecule has 1 aromatic heterocycles. The van der Waals surface area contributed by atoms with Gasteiger partial charge in [-0.2, -0.15) is 0 Å². The van der Waals surface area contributed by atoms with E-state index in [0.29, 0.717) is 49.0 Å². The smallest absolute Gasteiger partial charge is 0.177 e. The van der Waals surface area contributed by atoms with E-state index >= 15 is 0 Å². The zero-order valence-electron chi connectivity index (χ0n) is 18.8. The Hall–Kier alpha value is -2.62. The van der Waals surface area contributed by atoms with Crippen LogP contribution in [0.5, 0.6) is 0 Å². The summed E-state index contributed by atoms with van der Waals surface area (Å²) in [6, 6.07) is 7.06. The first-order valence-electron chi connectivity index (χ1n) is 11.2. The fraction of sp³-hybridized carbons (Fsp3) is 0.458. The van der Waals surface area contributed by atoms with Gasteiger partial charge in [-0.15, -0.1) is 0 Å². The van der Waals surface area contributed by atoms with Crippen LogP contribution >= 0.6 is 0 Å². The summed E-state index contributed by atoms with van der Waals surface area (Å²) in [4.78, 5) is 21.9. The molecule has 1 aromatic carbocycles. The van der Waals surface area contributed by atoms with Crippen LogP contribution in [0.2, 0.25) is 0 Å². The molecule has 0 spiro atoms. The average Bonchev–Trinajstić information content (AvgIpc) is 3.56. The minimum absolute atomic E-state index is 0.157. The van der Waals surface area contributed by atoms with Gasteiger partial charge in [-0.1, -0.05) is 6.07 Å². The molecule has 0 radical (unpaired) electrons. The van der Waals surface area contributed by atoms with Crippen molar-refractivity contribution in [3.05, 3.63) is 41.2 Å². The Kier molecular flexibility index (Phi) is 5.80. The lowest BCUT2D eigenvalue weighted by Crippen LogP contribution is -2.22. The van der Waals surface area contributed by atoms with E-state index in [1.807, 2.05) is 19.1 Å². The van der Waals surface area contributed by atoms with E-state index in [1.165, 1.54) is 6.26 Å². The van der Waals surface area contributed by atoms with Crippen LogP contribution in [0, 0.1) is 5.92 Å². The first-order valence-corrected chi connectivity index (χ1v) is 13.1. The van der Waals surface area contributed by atoms with Crippen LogP contribution in [0.4, 0.5) is 17.1 Å². The quantitative estimate of drug-likeness (QED) is 0.661. The molecular formula is C24H27N3O5S. The SMILES string of the molecule is CC1=Nc2c(Nc3ccc([C@@H]4COCCO4)cc3S(C)(=O)=O)cc(CC(=O)C3CC3)nc2C1. The number of fused-ring (bicyclic) bond motifs is 1. The predicted octanol–water partition coefficient (Wildman–Crippen LogP) is 3.49. The highest BCUT2D eigenvalue weighted by Gasteiger charge is 2.30. The number of nitrogens with one attached hydrogen (secondary N) is 1. The van der Waals surface area contributed by atoms with Gasteiger partial charge in [0.2, 0.25) is 0 Å². The van der Waals surface area contributed by atoms with Crippen molar-refractivity contribution in [1.29, 1.82) is 0 Å².